The number of hydrogen-bond acceptors (Lipinski definition) is 3. The maximum absolute atomic E-state index is 10.3. The van der Waals surface area contributed by atoms with Gasteiger partial charge < -0.3 is 19.8 Å². The Labute approximate surface area is 149 Å². The molecule has 25 heavy (non-hydrogen) atoms. The highest BCUT2D eigenvalue weighted by Crippen LogP contribution is 2.35. The second-order valence-electron chi connectivity index (χ2n) is 5.83. The Bertz CT molecular complexity index is 1140. The van der Waals surface area contributed by atoms with Crippen LogP contribution >= 0.6 is 12.2 Å². The van der Waals surface area contributed by atoms with Crippen molar-refractivity contribution in [2.24, 2.45) is 0 Å². The van der Waals surface area contributed by atoms with Crippen molar-refractivity contribution in [2.75, 3.05) is 0 Å². The van der Waals surface area contributed by atoms with E-state index in [4.69, 9.17) is 12.2 Å². The van der Waals surface area contributed by atoms with Crippen LogP contribution in [0.5, 0.6) is 11.5 Å². The van der Waals surface area contributed by atoms with Crippen LogP contribution < -0.4 is 0 Å². The van der Waals surface area contributed by atoms with Gasteiger partial charge >= 0.3 is 0 Å². The number of imidazole rings is 1. The second kappa shape index (κ2) is 5.82. The average molecular weight is 351 g/mol. The van der Waals surface area contributed by atoms with Crippen molar-refractivity contribution < 1.29 is 10.2 Å². The van der Waals surface area contributed by atoms with E-state index in [1.54, 1.807) is 18.3 Å². The number of nitrogens with zero attached hydrogens (tertiary/aromatic N) is 2. The smallest absolute Gasteiger partial charge is 0.182 e. The van der Waals surface area contributed by atoms with Crippen LogP contribution in [-0.2, 0) is 6.54 Å². The Kier molecular flexibility index (Phi) is 3.62. The van der Waals surface area contributed by atoms with Crippen LogP contribution in [0.4, 0.5) is 0 Å². The monoisotopic (exact) mass is 351 g/mol. The molecule has 6 heteroatoms. The lowest BCUT2D eigenvalue weighted by atomic mass is 10.1. The summed E-state index contributed by atoms with van der Waals surface area (Å²) in [5.41, 5.74) is 3.40. The number of H-pyrrole nitrogens is 1. The number of fused-ring (bicyclic) bond motifs is 1. The van der Waals surface area contributed by atoms with Crippen molar-refractivity contribution >= 4 is 23.1 Å². The summed E-state index contributed by atoms with van der Waals surface area (Å²) in [6, 6.07) is 12.7. The number of phenols is 2. The summed E-state index contributed by atoms with van der Waals surface area (Å²) in [6.07, 6.45) is 3.83. The fourth-order valence-electron chi connectivity index (χ4n) is 3.22. The van der Waals surface area contributed by atoms with Gasteiger partial charge in [-0.05, 0) is 49.5 Å². The fourth-order valence-corrected chi connectivity index (χ4v) is 3.48. The number of hydrogen-bond donors (Lipinski definition) is 3. The van der Waals surface area contributed by atoms with Crippen molar-refractivity contribution in [1.29, 1.82) is 0 Å². The first-order valence-electron chi connectivity index (χ1n) is 8.01. The zero-order valence-corrected chi connectivity index (χ0v) is 14.4. The molecule has 5 nitrogen and oxygen atoms in total. The van der Waals surface area contributed by atoms with Crippen LogP contribution in [0.25, 0.3) is 27.8 Å². The molecule has 4 rings (SSSR count). The molecule has 0 aliphatic carbocycles. The van der Waals surface area contributed by atoms with Crippen LogP contribution in [0, 0.1) is 4.77 Å². The predicted octanol–water partition coefficient (Wildman–Crippen LogP) is 4.59. The first kappa shape index (κ1) is 15.5. The first-order chi connectivity index (χ1) is 12.1. The predicted molar refractivity (Wildman–Crippen MR) is 101 cm³/mol. The highest BCUT2D eigenvalue weighted by molar-refractivity contribution is 7.71. The molecular weight excluding hydrogens is 334 g/mol. The largest absolute Gasteiger partial charge is 0.508 e. The highest BCUT2D eigenvalue weighted by atomic mass is 32.1. The van der Waals surface area contributed by atoms with Crippen molar-refractivity contribution in [2.45, 2.75) is 13.5 Å². The van der Waals surface area contributed by atoms with Gasteiger partial charge in [0, 0.05) is 36.0 Å². The topological polar surface area (TPSA) is 66.1 Å². The van der Waals surface area contributed by atoms with Crippen LogP contribution in [0.2, 0.25) is 0 Å². The van der Waals surface area contributed by atoms with Gasteiger partial charge in [-0.3, -0.25) is 4.57 Å². The summed E-state index contributed by atoms with van der Waals surface area (Å²) >= 11 is 5.49. The number of aromatic nitrogens is 3. The molecule has 0 saturated carbocycles. The molecule has 0 saturated heterocycles. The standard InChI is InChI=1S/C19H17N3O2S/c1-2-21-9-8-13-15(21)4-3-5-16(13)22-17(11-20-19(22)25)14-7-6-12(23)10-18(14)24/h3-11,23-24H,2H2,1H3,(H,20,25). The van der Waals surface area contributed by atoms with Crippen LogP contribution in [-0.4, -0.2) is 24.3 Å². The molecule has 4 aromatic rings. The third kappa shape index (κ3) is 2.42. The molecular formula is C19H17N3O2S. The fraction of sp³-hybridized carbons (Fsp3) is 0.105. The normalized spacial score (nSPS) is 11.2. The Balaban J connectivity index is 2.01. The van der Waals surface area contributed by atoms with E-state index in [1.165, 1.54) is 6.07 Å². The molecule has 2 aromatic carbocycles. The van der Waals surface area contributed by atoms with E-state index in [2.05, 4.69) is 34.8 Å². The van der Waals surface area contributed by atoms with E-state index in [-0.39, 0.29) is 11.5 Å². The number of rotatable bonds is 3. The third-order valence-corrected chi connectivity index (χ3v) is 4.71. The molecule has 2 heterocycles. The van der Waals surface area contributed by atoms with E-state index in [1.807, 2.05) is 16.7 Å². The van der Waals surface area contributed by atoms with Crippen LogP contribution in [0.3, 0.4) is 0 Å². The quantitative estimate of drug-likeness (QED) is 0.473. The number of aromatic hydroxyl groups is 2. The molecule has 2 aromatic heterocycles. The van der Waals surface area contributed by atoms with Crippen molar-refractivity contribution in [3.63, 3.8) is 0 Å². The molecule has 0 radical (unpaired) electrons. The van der Waals surface area contributed by atoms with Gasteiger partial charge in [0.05, 0.1) is 16.9 Å². The van der Waals surface area contributed by atoms with E-state index >= 15 is 0 Å². The Morgan fingerprint density at radius 1 is 1.12 bits per heavy atom. The Morgan fingerprint density at radius 3 is 2.72 bits per heavy atom. The van der Waals surface area contributed by atoms with Crippen molar-refractivity contribution in [3.8, 4) is 28.4 Å². The molecule has 0 spiro atoms. The summed E-state index contributed by atoms with van der Waals surface area (Å²) < 4.78 is 4.62. The summed E-state index contributed by atoms with van der Waals surface area (Å²) in [7, 11) is 0. The van der Waals surface area contributed by atoms with E-state index in [9.17, 15) is 10.2 Å². The van der Waals surface area contributed by atoms with Gasteiger partial charge in [0.1, 0.15) is 11.5 Å². The molecule has 0 bridgehead atoms. The highest BCUT2D eigenvalue weighted by Gasteiger charge is 2.15. The molecule has 126 valence electrons. The second-order valence-corrected chi connectivity index (χ2v) is 6.21. The summed E-state index contributed by atoms with van der Waals surface area (Å²) in [6.45, 7) is 2.99. The SMILES string of the molecule is CCn1ccc2c(-n3c(-c4ccc(O)cc4O)c[nH]c3=S)cccc21. The van der Waals surface area contributed by atoms with Crippen molar-refractivity contribution in [1.82, 2.24) is 14.1 Å². The maximum Gasteiger partial charge on any atom is 0.182 e. The lowest BCUT2D eigenvalue weighted by Gasteiger charge is -2.12. The van der Waals surface area contributed by atoms with E-state index in [0.29, 0.717) is 10.3 Å². The number of benzene rings is 2. The minimum absolute atomic E-state index is 0.000975. The molecule has 0 aliphatic heterocycles. The van der Waals surface area contributed by atoms with Gasteiger partial charge in [-0.2, -0.15) is 0 Å². The average Bonchev–Trinajstić information content (AvgIpc) is 3.18. The van der Waals surface area contributed by atoms with Gasteiger partial charge in [0.15, 0.2) is 4.77 Å². The maximum atomic E-state index is 10.3. The van der Waals surface area contributed by atoms with Crippen molar-refractivity contribution in [3.05, 3.63) is 59.6 Å². The van der Waals surface area contributed by atoms with Crippen LogP contribution in [0.15, 0.2) is 54.9 Å². The molecule has 0 amide bonds. The van der Waals surface area contributed by atoms with Gasteiger partial charge in [0.2, 0.25) is 0 Å². The minimum Gasteiger partial charge on any atom is -0.508 e. The lowest BCUT2D eigenvalue weighted by Crippen LogP contribution is -1.98. The third-order valence-electron chi connectivity index (χ3n) is 4.41. The Morgan fingerprint density at radius 2 is 1.96 bits per heavy atom. The van der Waals surface area contributed by atoms with Gasteiger partial charge in [-0.15, -0.1) is 0 Å². The molecule has 0 aliphatic rings. The van der Waals surface area contributed by atoms with Gasteiger partial charge in [0.25, 0.3) is 0 Å². The molecule has 0 unspecified atom stereocenters. The molecule has 3 N–H and O–H groups in total. The number of aromatic amines is 1. The van der Waals surface area contributed by atoms with Gasteiger partial charge in [-0.1, -0.05) is 6.07 Å². The Hall–Kier alpha value is -2.99. The molecule has 0 atom stereocenters. The minimum atomic E-state index is 0.000975. The summed E-state index contributed by atoms with van der Waals surface area (Å²) in [5.74, 6) is 0.0186. The van der Waals surface area contributed by atoms with E-state index in [0.717, 1.165) is 28.8 Å². The first-order valence-corrected chi connectivity index (χ1v) is 8.42. The summed E-state index contributed by atoms with van der Waals surface area (Å²) in [4.78, 5) is 3.06. The lowest BCUT2D eigenvalue weighted by molar-refractivity contribution is 0.451. The summed E-state index contributed by atoms with van der Waals surface area (Å²) in [5, 5.41) is 20.9. The van der Waals surface area contributed by atoms with E-state index < -0.39 is 0 Å². The number of nitrogens with one attached hydrogen (secondary N) is 1. The zero-order chi connectivity index (χ0) is 17.6. The van der Waals surface area contributed by atoms with Gasteiger partial charge in [-0.25, -0.2) is 0 Å². The number of aryl methyl sites for hydroxylation is 1. The molecule has 0 fully saturated rings. The number of phenolic OH excluding ortho intramolecular Hbond substituents is 2. The zero-order valence-electron chi connectivity index (χ0n) is 13.6. The van der Waals surface area contributed by atoms with Crippen LogP contribution in [0.1, 0.15) is 6.92 Å².